The van der Waals surface area contributed by atoms with Crippen molar-refractivity contribution in [1.29, 1.82) is 0 Å². The Bertz CT molecular complexity index is 641. The number of rotatable bonds is 22. The van der Waals surface area contributed by atoms with Crippen LogP contribution in [0.25, 0.3) is 0 Å². The first-order valence-electron chi connectivity index (χ1n) is 14.0. The highest BCUT2D eigenvalue weighted by Crippen LogP contribution is 2.32. The molecule has 1 heterocycles. The average Bonchev–Trinajstić information content (AvgIpc) is 2.81. The van der Waals surface area contributed by atoms with E-state index in [1.807, 2.05) is 13.8 Å². The van der Waals surface area contributed by atoms with Crippen LogP contribution in [-0.2, 0) is 23.9 Å². The number of hydrogen-bond donors (Lipinski definition) is 1. The lowest BCUT2D eigenvalue weighted by molar-refractivity contribution is -0.190. The summed E-state index contributed by atoms with van der Waals surface area (Å²) in [5.41, 5.74) is 0. The van der Waals surface area contributed by atoms with Crippen LogP contribution >= 0.6 is 0 Å². The molecule has 0 saturated carbocycles. The molecule has 0 spiro atoms. The first kappa shape index (κ1) is 31.0. The Morgan fingerprint density at radius 3 is 2.34 bits per heavy atom. The van der Waals surface area contributed by atoms with Gasteiger partial charge >= 0.3 is 11.9 Å². The molecular weight excluding hydrogens is 442 g/mol. The molecule has 0 aromatic heterocycles. The van der Waals surface area contributed by atoms with E-state index in [0.717, 1.165) is 64.2 Å². The van der Waals surface area contributed by atoms with Gasteiger partial charge in [0.1, 0.15) is 18.2 Å². The zero-order valence-electron chi connectivity index (χ0n) is 22.4. The molecule has 0 aromatic carbocycles. The summed E-state index contributed by atoms with van der Waals surface area (Å²) in [6.45, 7) is 6.19. The van der Waals surface area contributed by atoms with Gasteiger partial charge in [0.15, 0.2) is 0 Å². The molecule has 0 aliphatic carbocycles. The summed E-state index contributed by atoms with van der Waals surface area (Å²) in [7, 11) is 0. The van der Waals surface area contributed by atoms with Crippen LogP contribution in [0.5, 0.6) is 0 Å². The zero-order valence-corrected chi connectivity index (χ0v) is 22.4. The molecule has 1 fully saturated rings. The second kappa shape index (κ2) is 19.2. The molecule has 1 amide bonds. The van der Waals surface area contributed by atoms with Gasteiger partial charge in [0.2, 0.25) is 6.41 Å². The Morgan fingerprint density at radius 2 is 1.74 bits per heavy atom. The average molecular weight is 492 g/mol. The molecule has 6 nitrogen and oxygen atoms in total. The van der Waals surface area contributed by atoms with E-state index < -0.39 is 12.0 Å². The molecule has 0 aromatic rings. The second-order valence-corrected chi connectivity index (χ2v) is 10.4. The molecule has 1 N–H and O–H groups in total. The van der Waals surface area contributed by atoms with Crippen molar-refractivity contribution in [3.63, 3.8) is 0 Å². The fourth-order valence-corrected chi connectivity index (χ4v) is 4.70. The van der Waals surface area contributed by atoms with E-state index in [0.29, 0.717) is 19.3 Å². The van der Waals surface area contributed by atoms with Gasteiger partial charge in [0.25, 0.3) is 0 Å². The minimum atomic E-state index is -0.646. The highest BCUT2D eigenvalue weighted by molar-refractivity contribution is 5.79. The first-order valence-corrected chi connectivity index (χ1v) is 14.0. The third kappa shape index (κ3) is 13.6. The van der Waals surface area contributed by atoms with Crippen LogP contribution in [0.4, 0.5) is 0 Å². The van der Waals surface area contributed by atoms with Crippen molar-refractivity contribution in [2.24, 2.45) is 11.8 Å². The maximum absolute atomic E-state index is 12.9. The predicted molar refractivity (Wildman–Crippen MR) is 139 cm³/mol. The number of unbranched alkanes of at least 4 members (excludes halogenated alkanes) is 10. The van der Waals surface area contributed by atoms with Gasteiger partial charge in [0.05, 0.1) is 5.92 Å². The number of terminal acetylenes is 1. The molecular formula is C29H49NO5. The normalized spacial score (nSPS) is 18.8. The summed E-state index contributed by atoms with van der Waals surface area (Å²) < 4.78 is 11.4. The smallest absolute Gasteiger partial charge is 0.328 e. The number of nitrogens with one attached hydrogen (secondary N) is 1. The van der Waals surface area contributed by atoms with Crippen LogP contribution in [-0.4, -0.2) is 36.6 Å². The number of esters is 2. The largest absolute Gasteiger partial charge is 0.461 e. The summed E-state index contributed by atoms with van der Waals surface area (Å²) in [6, 6.07) is -0.646. The molecule has 6 heteroatoms. The number of cyclic esters (lactones) is 1. The van der Waals surface area contributed by atoms with E-state index in [4.69, 9.17) is 15.9 Å². The molecule has 35 heavy (non-hydrogen) atoms. The Morgan fingerprint density at radius 1 is 1.09 bits per heavy atom. The molecule has 4 atom stereocenters. The number of ether oxygens (including phenoxy) is 2. The van der Waals surface area contributed by atoms with E-state index in [2.05, 4.69) is 18.2 Å². The fraction of sp³-hybridized carbons (Fsp3) is 0.828. The topological polar surface area (TPSA) is 81.7 Å². The van der Waals surface area contributed by atoms with Crippen LogP contribution in [0.2, 0.25) is 0 Å². The number of hydrogen-bond acceptors (Lipinski definition) is 5. The zero-order chi connectivity index (χ0) is 25.9. The number of carbonyl (C=O) groups is 3. The van der Waals surface area contributed by atoms with Crippen LogP contribution in [0, 0.1) is 24.2 Å². The summed E-state index contributed by atoms with van der Waals surface area (Å²) in [5, 5.41) is 2.61. The van der Waals surface area contributed by atoms with E-state index in [9.17, 15) is 14.4 Å². The summed E-state index contributed by atoms with van der Waals surface area (Å²) >= 11 is 0. The van der Waals surface area contributed by atoms with Gasteiger partial charge in [-0.2, -0.15) is 0 Å². The molecule has 0 radical (unpaired) electrons. The highest BCUT2D eigenvalue weighted by Gasteiger charge is 2.43. The maximum Gasteiger partial charge on any atom is 0.328 e. The fourth-order valence-electron chi connectivity index (χ4n) is 4.70. The Kier molecular flexibility index (Phi) is 17.0. The monoisotopic (exact) mass is 491 g/mol. The predicted octanol–water partition coefficient (Wildman–Crippen LogP) is 6.11. The first-order chi connectivity index (χ1) is 16.9. The van der Waals surface area contributed by atoms with Gasteiger partial charge in [0, 0.05) is 12.8 Å². The van der Waals surface area contributed by atoms with Gasteiger partial charge in [-0.3, -0.25) is 9.59 Å². The van der Waals surface area contributed by atoms with Crippen LogP contribution < -0.4 is 5.32 Å². The Labute approximate surface area is 213 Å². The van der Waals surface area contributed by atoms with Gasteiger partial charge in [-0.25, -0.2) is 4.79 Å². The van der Waals surface area contributed by atoms with Crippen LogP contribution in [0.1, 0.15) is 124 Å². The van der Waals surface area contributed by atoms with Crippen molar-refractivity contribution in [3.05, 3.63) is 0 Å². The molecule has 0 bridgehead atoms. The van der Waals surface area contributed by atoms with E-state index in [1.54, 1.807) is 0 Å². The quantitative estimate of drug-likeness (QED) is 0.0856. The standard InChI is InChI=1S/C29H49NO5/c1-5-7-9-11-12-13-14-15-16-18-24(34-29(33)26(30-22-31)20-23(3)4)21-27-25(28(32)35-27)19-17-10-8-6-2/h1,22-27H,6-21H2,2-4H3,(H,30,31)/t24-,25-,26+,27-/m1/s1. The third-order valence-electron chi connectivity index (χ3n) is 6.77. The molecule has 1 aliphatic rings. The van der Waals surface area contributed by atoms with E-state index in [1.165, 1.54) is 25.7 Å². The Balaban J connectivity index is 2.59. The summed E-state index contributed by atoms with van der Waals surface area (Å²) in [6.07, 6.45) is 21.2. The van der Waals surface area contributed by atoms with Gasteiger partial charge in [-0.1, -0.05) is 78.6 Å². The van der Waals surface area contributed by atoms with E-state index in [-0.39, 0.29) is 30.0 Å². The van der Waals surface area contributed by atoms with Crippen LogP contribution in [0.15, 0.2) is 0 Å². The minimum Gasteiger partial charge on any atom is -0.461 e. The van der Waals surface area contributed by atoms with Crippen molar-refractivity contribution >= 4 is 18.3 Å². The number of carbonyl (C=O) groups excluding carboxylic acids is 3. The molecule has 200 valence electrons. The lowest BCUT2D eigenvalue weighted by Crippen LogP contribution is -2.48. The van der Waals surface area contributed by atoms with Gasteiger partial charge < -0.3 is 14.8 Å². The molecule has 0 unspecified atom stereocenters. The van der Waals surface area contributed by atoms with Crippen molar-refractivity contribution in [3.8, 4) is 12.3 Å². The van der Waals surface area contributed by atoms with E-state index >= 15 is 0 Å². The second-order valence-electron chi connectivity index (χ2n) is 10.4. The SMILES string of the molecule is C#CCCCCCCCCC[C@H](C[C@H]1OC(=O)[C@@H]1CCCCCC)OC(=O)[C@H](CC(C)C)NC=O. The molecule has 1 saturated heterocycles. The van der Waals surface area contributed by atoms with Crippen molar-refractivity contribution in [1.82, 2.24) is 5.32 Å². The van der Waals surface area contributed by atoms with Gasteiger partial charge in [-0.05, 0) is 38.0 Å². The minimum absolute atomic E-state index is 0.0874. The molecule has 1 aliphatic heterocycles. The lowest BCUT2D eigenvalue weighted by atomic mass is 9.86. The lowest BCUT2D eigenvalue weighted by Gasteiger charge is -2.37. The van der Waals surface area contributed by atoms with Crippen LogP contribution in [0.3, 0.4) is 0 Å². The number of amides is 1. The molecule has 1 rings (SSSR count). The van der Waals surface area contributed by atoms with Crippen molar-refractivity contribution in [2.75, 3.05) is 0 Å². The third-order valence-corrected chi connectivity index (χ3v) is 6.77. The summed E-state index contributed by atoms with van der Waals surface area (Å²) in [5.74, 6) is 2.33. The Hall–Kier alpha value is -2.03. The van der Waals surface area contributed by atoms with Crippen molar-refractivity contribution in [2.45, 2.75) is 142 Å². The van der Waals surface area contributed by atoms with Crippen molar-refractivity contribution < 1.29 is 23.9 Å². The maximum atomic E-state index is 12.9. The van der Waals surface area contributed by atoms with Gasteiger partial charge in [-0.15, -0.1) is 12.3 Å². The highest BCUT2D eigenvalue weighted by atomic mass is 16.6. The summed E-state index contributed by atoms with van der Waals surface area (Å²) in [4.78, 5) is 35.9.